The quantitative estimate of drug-likeness (QED) is 0.817. The van der Waals surface area contributed by atoms with E-state index >= 15 is 0 Å². The zero-order valence-electron chi connectivity index (χ0n) is 14.1. The van der Waals surface area contributed by atoms with Gasteiger partial charge >= 0.3 is 0 Å². The lowest BCUT2D eigenvalue weighted by molar-refractivity contribution is -0.122. The molecule has 0 aliphatic heterocycles. The van der Waals surface area contributed by atoms with Crippen LogP contribution in [0.2, 0.25) is 0 Å². The van der Waals surface area contributed by atoms with Crippen molar-refractivity contribution in [1.29, 1.82) is 0 Å². The second kappa shape index (κ2) is 8.84. The first kappa shape index (κ1) is 17.7. The molecule has 2 N–H and O–H groups in total. The largest absolute Gasteiger partial charge is 0.358 e. The summed E-state index contributed by atoms with van der Waals surface area (Å²) >= 11 is 0. The molecule has 2 aromatic rings. The van der Waals surface area contributed by atoms with Gasteiger partial charge in [0.2, 0.25) is 11.8 Å². The summed E-state index contributed by atoms with van der Waals surface area (Å²) in [5, 5.41) is 5.48. The Morgan fingerprint density at radius 1 is 0.917 bits per heavy atom. The highest BCUT2D eigenvalue weighted by molar-refractivity contribution is 5.93. The van der Waals surface area contributed by atoms with Gasteiger partial charge in [0.05, 0.1) is 13.1 Å². The Balaban J connectivity index is 1.99. The maximum Gasteiger partial charge on any atom is 0.238 e. The standard InChI is InChI=1S/C19H23N3O2/c1-20-18(23)13-22(2)14-19(24)21-17-11-7-6-10-16(17)12-15-8-4-3-5-9-15/h3-11H,12-14H2,1-2H3,(H,20,23)(H,21,24). The molecule has 0 saturated carbocycles. The molecule has 0 aromatic heterocycles. The molecule has 0 radical (unpaired) electrons. The number of hydrogen-bond donors (Lipinski definition) is 2. The summed E-state index contributed by atoms with van der Waals surface area (Å²) in [7, 11) is 3.32. The van der Waals surface area contributed by atoms with Gasteiger partial charge < -0.3 is 10.6 Å². The Morgan fingerprint density at radius 2 is 1.54 bits per heavy atom. The fraction of sp³-hybridized carbons (Fsp3) is 0.263. The first-order chi connectivity index (χ1) is 11.6. The predicted octanol–water partition coefficient (Wildman–Crippen LogP) is 1.89. The van der Waals surface area contributed by atoms with Crippen molar-refractivity contribution in [3.63, 3.8) is 0 Å². The molecule has 126 valence electrons. The van der Waals surface area contributed by atoms with E-state index in [1.165, 1.54) is 5.56 Å². The number of carbonyl (C=O) groups is 2. The van der Waals surface area contributed by atoms with Crippen LogP contribution in [-0.4, -0.2) is 43.9 Å². The molecule has 0 aliphatic rings. The van der Waals surface area contributed by atoms with Gasteiger partial charge in [-0.15, -0.1) is 0 Å². The molecule has 0 fully saturated rings. The van der Waals surface area contributed by atoms with Crippen LogP contribution >= 0.6 is 0 Å². The third kappa shape index (κ3) is 5.52. The number of likely N-dealkylation sites (N-methyl/N-ethyl adjacent to an activating group) is 2. The van der Waals surface area contributed by atoms with Crippen LogP contribution in [0.3, 0.4) is 0 Å². The lowest BCUT2D eigenvalue weighted by Gasteiger charge is -2.16. The molecule has 0 heterocycles. The Morgan fingerprint density at radius 3 is 2.25 bits per heavy atom. The van der Waals surface area contributed by atoms with E-state index in [1.807, 2.05) is 42.5 Å². The Labute approximate surface area is 142 Å². The first-order valence-corrected chi connectivity index (χ1v) is 7.89. The van der Waals surface area contributed by atoms with Crippen LogP contribution in [0.15, 0.2) is 54.6 Å². The number of nitrogens with one attached hydrogen (secondary N) is 2. The fourth-order valence-electron chi connectivity index (χ4n) is 2.43. The number of benzene rings is 2. The van der Waals surface area contributed by atoms with E-state index in [0.717, 1.165) is 17.7 Å². The van der Waals surface area contributed by atoms with Gasteiger partial charge in [-0.3, -0.25) is 14.5 Å². The molecule has 0 spiro atoms. The number of rotatable bonds is 7. The molecular weight excluding hydrogens is 302 g/mol. The summed E-state index contributed by atoms with van der Waals surface area (Å²) in [5.41, 5.74) is 3.06. The summed E-state index contributed by atoms with van der Waals surface area (Å²) in [6.07, 6.45) is 0.755. The number of amides is 2. The topological polar surface area (TPSA) is 61.4 Å². The van der Waals surface area contributed by atoms with Crippen molar-refractivity contribution < 1.29 is 9.59 Å². The summed E-state index contributed by atoms with van der Waals surface area (Å²) in [4.78, 5) is 25.2. The monoisotopic (exact) mass is 325 g/mol. The zero-order chi connectivity index (χ0) is 17.4. The van der Waals surface area contributed by atoms with Crippen molar-refractivity contribution in [1.82, 2.24) is 10.2 Å². The normalized spacial score (nSPS) is 10.5. The Bertz CT molecular complexity index is 686. The van der Waals surface area contributed by atoms with Crippen molar-refractivity contribution in [3.8, 4) is 0 Å². The van der Waals surface area contributed by atoms with Crippen molar-refractivity contribution in [2.75, 3.05) is 32.5 Å². The van der Waals surface area contributed by atoms with Gasteiger partial charge in [0.15, 0.2) is 0 Å². The SMILES string of the molecule is CNC(=O)CN(C)CC(=O)Nc1ccccc1Cc1ccccc1. The smallest absolute Gasteiger partial charge is 0.238 e. The van der Waals surface area contributed by atoms with Gasteiger partial charge in [-0.2, -0.15) is 0 Å². The van der Waals surface area contributed by atoms with Gasteiger partial charge in [-0.05, 0) is 30.7 Å². The van der Waals surface area contributed by atoms with Gasteiger partial charge in [-0.25, -0.2) is 0 Å². The summed E-state index contributed by atoms with van der Waals surface area (Å²) in [5.74, 6) is -0.253. The van der Waals surface area contributed by atoms with Crippen LogP contribution in [0.4, 0.5) is 5.69 Å². The molecule has 0 saturated heterocycles. The number of hydrogen-bond acceptors (Lipinski definition) is 3. The van der Waals surface area contributed by atoms with Crippen LogP contribution in [-0.2, 0) is 16.0 Å². The Hall–Kier alpha value is -2.66. The van der Waals surface area contributed by atoms with Crippen LogP contribution in [0.25, 0.3) is 0 Å². The highest BCUT2D eigenvalue weighted by Crippen LogP contribution is 2.19. The molecule has 0 unspecified atom stereocenters. The van der Waals surface area contributed by atoms with E-state index in [4.69, 9.17) is 0 Å². The second-order valence-corrected chi connectivity index (χ2v) is 5.71. The van der Waals surface area contributed by atoms with Crippen LogP contribution in [0.5, 0.6) is 0 Å². The summed E-state index contributed by atoms with van der Waals surface area (Å²) in [6, 6.07) is 17.9. The maximum atomic E-state index is 12.2. The third-order valence-electron chi connectivity index (χ3n) is 3.63. The van der Waals surface area contributed by atoms with E-state index in [9.17, 15) is 9.59 Å². The van der Waals surface area contributed by atoms with Crippen molar-refractivity contribution >= 4 is 17.5 Å². The molecule has 5 nitrogen and oxygen atoms in total. The number of anilines is 1. The van der Waals surface area contributed by atoms with Crippen LogP contribution < -0.4 is 10.6 Å². The zero-order valence-corrected chi connectivity index (χ0v) is 14.1. The fourth-order valence-corrected chi connectivity index (χ4v) is 2.43. The summed E-state index contributed by atoms with van der Waals surface area (Å²) < 4.78 is 0. The molecule has 0 atom stereocenters. The maximum absolute atomic E-state index is 12.2. The van der Waals surface area contributed by atoms with Gasteiger partial charge in [-0.1, -0.05) is 48.5 Å². The van der Waals surface area contributed by atoms with Gasteiger partial charge in [0.25, 0.3) is 0 Å². The molecule has 0 aliphatic carbocycles. The van der Waals surface area contributed by atoms with Crippen molar-refractivity contribution in [2.45, 2.75) is 6.42 Å². The van der Waals surface area contributed by atoms with Crippen LogP contribution in [0, 0.1) is 0 Å². The molecule has 0 bridgehead atoms. The van der Waals surface area contributed by atoms with E-state index in [0.29, 0.717) is 0 Å². The van der Waals surface area contributed by atoms with E-state index in [-0.39, 0.29) is 24.9 Å². The van der Waals surface area contributed by atoms with Crippen molar-refractivity contribution in [3.05, 3.63) is 65.7 Å². The average Bonchev–Trinajstić information content (AvgIpc) is 2.57. The number of para-hydroxylation sites is 1. The molecular formula is C19H23N3O2. The average molecular weight is 325 g/mol. The highest BCUT2D eigenvalue weighted by atomic mass is 16.2. The molecule has 2 aromatic carbocycles. The van der Waals surface area contributed by atoms with E-state index < -0.39 is 0 Å². The van der Waals surface area contributed by atoms with Gasteiger partial charge in [0, 0.05) is 12.7 Å². The lowest BCUT2D eigenvalue weighted by Crippen LogP contribution is -2.37. The minimum atomic E-state index is -0.137. The molecule has 5 heteroatoms. The highest BCUT2D eigenvalue weighted by Gasteiger charge is 2.11. The predicted molar refractivity (Wildman–Crippen MR) is 95.9 cm³/mol. The summed E-state index contributed by atoms with van der Waals surface area (Å²) in [6.45, 7) is 0.350. The first-order valence-electron chi connectivity index (χ1n) is 7.89. The molecule has 24 heavy (non-hydrogen) atoms. The molecule has 2 rings (SSSR count). The minimum Gasteiger partial charge on any atom is -0.358 e. The van der Waals surface area contributed by atoms with Crippen molar-refractivity contribution in [2.24, 2.45) is 0 Å². The Kier molecular flexibility index (Phi) is 6.51. The van der Waals surface area contributed by atoms with E-state index in [1.54, 1.807) is 19.0 Å². The number of nitrogens with zero attached hydrogens (tertiary/aromatic N) is 1. The number of carbonyl (C=O) groups excluding carboxylic acids is 2. The molecule has 2 amide bonds. The second-order valence-electron chi connectivity index (χ2n) is 5.71. The van der Waals surface area contributed by atoms with Crippen LogP contribution in [0.1, 0.15) is 11.1 Å². The van der Waals surface area contributed by atoms with Gasteiger partial charge in [0.1, 0.15) is 0 Å². The third-order valence-corrected chi connectivity index (χ3v) is 3.63. The lowest BCUT2D eigenvalue weighted by atomic mass is 10.0. The van der Waals surface area contributed by atoms with E-state index in [2.05, 4.69) is 22.8 Å². The minimum absolute atomic E-state index is 0.116.